The highest BCUT2D eigenvalue weighted by atomic mass is 19.4. The van der Waals surface area contributed by atoms with E-state index in [9.17, 15) is 27.6 Å². The van der Waals surface area contributed by atoms with Gasteiger partial charge in [0.05, 0.1) is 17.8 Å². The van der Waals surface area contributed by atoms with Crippen LogP contribution in [0.4, 0.5) is 18.9 Å². The summed E-state index contributed by atoms with van der Waals surface area (Å²) in [6, 6.07) is 3.79. The molecule has 0 heterocycles. The summed E-state index contributed by atoms with van der Waals surface area (Å²) in [5, 5.41) is 4.74. The van der Waals surface area contributed by atoms with E-state index in [4.69, 9.17) is 0 Å². The number of halogens is 3. The summed E-state index contributed by atoms with van der Waals surface area (Å²) in [5.74, 6) is -1.83. The minimum Gasteiger partial charge on any atom is -0.344 e. The second-order valence-electron chi connectivity index (χ2n) is 6.37. The van der Waals surface area contributed by atoms with Crippen molar-refractivity contribution < 1.29 is 27.6 Å². The van der Waals surface area contributed by atoms with Crippen LogP contribution in [0.1, 0.15) is 33.3 Å². The van der Waals surface area contributed by atoms with Gasteiger partial charge >= 0.3 is 6.18 Å². The van der Waals surface area contributed by atoms with Crippen LogP contribution in [0.25, 0.3) is 0 Å². The monoisotopic (exact) mass is 387 g/mol. The third-order valence-electron chi connectivity index (χ3n) is 3.83. The molecule has 27 heavy (non-hydrogen) atoms. The van der Waals surface area contributed by atoms with Gasteiger partial charge in [-0.3, -0.25) is 14.4 Å². The number of anilines is 1. The van der Waals surface area contributed by atoms with Crippen LogP contribution in [0.5, 0.6) is 0 Å². The van der Waals surface area contributed by atoms with Crippen LogP contribution >= 0.6 is 0 Å². The molecule has 6 nitrogen and oxygen atoms in total. The molecule has 1 unspecified atom stereocenters. The van der Waals surface area contributed by atoms with Crippen LogP contribution in [0.2, 0.25) is 0 Å². The van der Waals surface area contributed by atoms with E-state index in [-0.39, 0.29) is 24.1 Å². The predicted molar refractivity (Wildman–Crippen MR) is 94.8 cm³/mol. The number of likely N-dealkylation sites (N-methyl/N-ethyl adjacent to an activating group) is 1. The standard InChI is InChI=1S/C18H24F3N3O3/c1-5-24(17(27)16(11(2)3)22-12(4)25)10-15(26)23-14-9-7-6-8-13(14)18(19,20)21/h6-9,11,16H,5,10H2,1-4H3,(H,22,25)(H,23,26). The molecule has 0 fully saturated rings. The van der Waals surface area contributed by atoms with Gasteiger partial charge in [-0.2, -0.15) is 13.2 Å². The molecule has 1 atom stereocenters. The molecule has 2 N–H and O–H groups in total. The SMILES string of the molecule is CCN(CC(=O)Nc1ccccc1C(F)(F)F)C(=O)C(NC(C)=O)C(C)C. The molecule has 0 bridgehead atoms. The second kappa shape index (κ2) is 9.38. The molecule has 0 aliphatic carbocycles. The van der Waals surface area contributed by atoms with Crippen LogP contribution in [0.15, 0.2) is 24.3 Å². The van der Waals surface area contributed by atoms with Gasteiger partial charge in [0, 0.05) is 13.5 Å². The van der Waals surface area contributed by atoms with Crippen LogP contribution in [-0.2, 0) is 20.6 Å². The van der Waals surface area contributed by atoms with Gasteiger partial charge in [-0.05, 0) is 25.0 Å². The summed E-state index contributed by atoms with van der Waals surface area (Å²) in [4.78, 5) is 37.3. The van der Waals surface area contributed by atoms with Crippen LogP contribution < -0.4 is 10.6 Å². The van der Waals surface area contributed by atoms with Crippen molar-refractivity contribution in [2.75, 3.05) is 18.4 Å². The number of hydrogen-bond donors (Lipinski definition) is 2. The number of carbonyl (C=O) groups excluding carboxylic acids is 3. The smallest absolute Gasteiger partial charge is 0.344 e. The Morgan fingerprint density at radius 3 is 2.22 bits per heavy atom. The highest BCUT2D eigenvalue weighted by Crippen LogP contribution is 2.34. The number of hydrogen-bond acceptors (Lipinski definition) is 3. The topological polar surface area (TPSA) is 78.5 Å². The van der Waals surface area contributed by atoms with Crippen molar-refractivity contribution >= 4 is 23.4 Å². The average molecular weight is 387 g/mol. The van der Waals surface area contributed by atoms with Gasteiger partial charge in [0.2, 0.25) is 17.7 Å². The molecule has 3 amide bonds. The lowest BCUT2D eigenvalue weighted by Crippen LogP contribution is -2.52. The Balaban J connectivity index is 2.91. The fourth-order valence-corrected chi connectivity index (χ4v) is 2.48. The van der Waals surface area contributed by atoms with Crippen LogP contribution in [0, 0.1) is 5.92 Å². The zero-order valence-corrected chi connectivity index (χ0v) is 15.7. The van der Waals surface area contributed by atoms with E-state index >= 15 is 0 Å². The summed E-state index contributed by atoms with van der Waals surface area (Å²) in [7, 11) is 0. The van der Waals surface area contributed by atoms with Crippen molar-refractivity contribution in [1.29, 1.82) is 0 Å². The van der Waals surface area contributed by atoms with E-state index in [1.807, 2.05) is 0 Å². The minimum atomic E-state index is -4.61. The summed E-state index contributed by atoms with van der Waals surface area (Å²) >= 11 is 0. The zero-order valence-electron chi connectivity index (χ0n) is 15.7. The van der Waals surface area contributed by atoms with Crippen molar-refractivity contribution in [3.63, 3.8) is 0 Å². The van der Waals surface area contributed by atoms with Gasteiger partial charge in [0.15, 0.2) is 0 Å². The maximum atomic E-state index is 13.0. The number of carbonyl (C=O) groups is 3. The molecule has 9 heteroatoms. The molecular formula is C18H24F3N3O3. The van der Waals surface area contributed by atoms with Crippen LogP contribution in [-0.4, -0.2) is 41.8 Å². The molecule has 0 radical (unpaired) electrons. The lowest BCUT2D eigenvalue weighted by molar-refractivity contribution is -0.139. The molecular weight excluding hydrogens is 363 g/mol. The van der Waals surface area contributed by atoms with Gasteiger partial charge in [0.25, 0.3) is 0 Å². The number of benzene rings is 1. The first-order valence-corrected chi connectivity index (χ1v) is 8.49. The average Bonchev–Trinajstić information content (AvgIpc) is 2.56. The van der Waals surface area contributed by atoms with Gasteiger partial charge in [-0.25, -0.2) is 0 Å². The minimum absolute atomic E-state index is 0.163. The second-order valence-corrected chi connectivity index (χ2v) is 6.37. The first-order chi connectivity index (χ1) is 12.5. The lowest BCUT2D eigenvalue weighted by atomic mass is 10.0. The van der Waals surface area contributed by atoms with Gasteiger partial charge in [-0.1, -0.05) is 26.0 Å². The molecule has 0 saturated heterocycles. The highest BCUT2D eigenvalue weighted by molar-refractivity contribution is 5.96. The quantitative estimate of drug-likeness (QED) is 0.755. The summed E-state index contributed by atoms with van der Waals surface area (Å²) in [6.07, 6.45) is -4.61. The van der Waals surface area contributed by atoms with Gasteiger partial charge < -0.3 is 15.5 Å². The van der Waals surface area contributed by atoms with Crippen molar-refractivity contribution in [1.82, 2.24) is 10.2 Å². The predicted octanol–water partition coefficient (Wildman–Crippen LogP) is 2.65. The number of alkyl halides is 3. The Labute approximate surface area is 156 Å². The van der Waals surface area contributed by atoms with Crippen LogP contribution in [0.3, 0.4) is 0 Å². The zero-order chi connectivity index (χ0) is 20.8. The molecule has 1 aromatic rings. The van der Waals surface area contributed by atoms with Gasteiger partial charge in [0.1, 0.15) is 6.04 Å². The van der Waals surface area contributed by atoms with E-state index in [1.54, 1.807) is 20.8 Å². The van der Waals surface area contributed by atoms with Gasteiger partial charge in [-0.15, -0.1) is 0 Å². The number of para-hydroxylation sites is 1. The normalized spacial score (nSPS) is 12.4. The maximum Gasteiger partial charge on any atom is 0.418 e. The summed E-state index contributed by atoms with van der Waals surface area (Å²) in [5.41, 5.74) is -1.34. The first-order valence-electron chi connectivity index (χ1n) is 8.49. The Kier molecular flexibility index (Phi) is 7.81. The number of amides is 3. The highest BCUT2D eigenvalue weighted by Gasteiger charge is 2.34. The van der Waals surface area contributed by atoms with E-state index in [0.717, 1.165) is 12.1 Å². The Hall–Kier alpha value is -2.58. The fraction of sp³-hybridized carbons (Fsp3) is 0.500. The molecule has 1 rings (SSSR count). The lowest BCUT2D eigenvalue weighted by Gasteiger charge is -2.28. The number of rotatable bonds is 7. The summed E-state index contributed by atoms with van der Waals surface area (Å²) < 4.78 is 39.0. The Morgan fingerprint density at radius 1 is 1.15 bits per heavy atom. The first kappa shape index (κ1) is 22.5. The van der Waals surface area contributed by atoms with E-state index in [2.05, 4.69) is 10.6 Å². The Bertz CT molecular complexity index is 690. The fourth-order valence-electron chi connectivity index (χ4n) is 2.48. The summed E-state index contributed by atoms with van der Waals surface area (Å²) in [6.45, 7) is 6.14. The molecule has 0 aliphatic heterocycles. The van der Waals surface area contributed by atoms with E-state index in [1.165, 1.54) is 24.0 Å². The Morgan fingerprint density at radius 2 is 1.74 bits per heavy atom. The van der Waals surface area contributed by atoms with E-state index in [0.29, 0.717) is 0 Å². The van der Waals surface area contributed by atoms with Crippen molar-refractivity contribution in [3.05, 3.63) is 29.8 Å². The third kappa shape index (κ3) is 6.58. The number of nitrogens with zero attached hydrogens (tertiary/aromatic N) is 1. The largest absolute Gasteiger partial charge is 0.418 e. The van der Waals surface area contributed by atoms with Crippen molar-refractivity contribution in [2.45, 2.75) is 39.9 Å². The molecule has 0 saturated carbocycles. The molecule has 150 valence electrons. The van der Waals surface area contributed by atoms with Crippen molar-refractivity contribution in [2.24, 2.45) is 5.92 Å². The molecule has 0 aliphatic rings. The maximum absolute atomic E-state index is 13.0. The third-order valence-corrected chi connectivity index (χ3v) is 3.83. The number of nitrogens with one attached hydrogen (secondary N) is 2. The molecule has 0 aromatic heterocycles. The molecule has 1 aromatic carbocycles. The molecule has 0 spiro atoms. The van der Waals surface area contributed by atoms with E-state index < -0.39 is 36.1 Å². The van der Waals surface area contributed by atoms with Crippen molar-refractivity contribution in [3.8, 4) is 0 Å².